The normalized spacial score (nSPS) is 23.7. The first kappa shape index (κ1) is 10.1. The molecule has 2 rings (SSSR count). The van der Waals surface area contributed by atoms with E-state index in [0.29, 0.717) is 0 Å². The van der Waals surface area contributed by atoms with Crippen LogP contribution >= 0.6 is 11.8 Å². The van der Waals surface area contributed by atoms with Crippen LogP contribution in [-0.2, 0) is 0 Å². The number of carbonyl (C=O) groups is 1. The Kier molecular flexibility index (Phi) is 3.56. The molecule has 2 aliphatic heterocycles. The summed E-state index contributed by atoms with van der Waals surface area (Å²) < 4.78 is 0. The van der Waals surface area contributed by atoms with Crippen molar-refractivity contribution < 1.29 is 4.79 Å². The lowest BCUT2D eigenvalue weighted by Crippen LogP contribution is -2.48. The Hall–Kier alpha value is -0.380. The van der Waals surface area contributed by atoms with Crippen molar-refractivity contribution in [1.29, 1.82) is 0 Å². The highest BCUT2D eigenvalue weighted by molar-refractivity contribution is 7.99. The van der Waals surface area contributed by atoms with Crippen LogP contribution in [0.2, 0.25) is 0 Å². The van der Waals surface area contributed by atoms with Gasteiger partial charge in [-0.3, -0.25) is 0 Å². The van der Waals surface area contributed by atoms with Gasteiger partial charge in [0.05, 0.1) is 0 Å². The first-order valence-electron chi connectivity index (χ1n) is 5.31. The molecule has 2 fully saturated rings. The molecule has 2 aliphatic rings. The molecular weight excluding hydrogens is 196 g/mol. The van der Waals surface area contributed by atoms with Crippen LogP contribution in [0, 0.1) is 6.42 Å². The van der Waals surface area contributed by atoms with Crippen molar-refractivity contribution in [1.82, 2.24) is 9.80 Å². The molecule has 3 nitrogen and oxygen atoms in total. The van der Waals surface area contributed by atoms with E-state index in [1.807, 2.05) is 21.6 Å². The zero-order valence-electron chi connectivity index (χ0n) is 8.45. The number of likely N-dealkylation sites (tertiary alicyclic amines) is 1. The molecule has 0 bridgehead atoms. The Morgan fingerprint density at radius 1 is 1.00 bits per heavy atom. The molecule has 0 aliphatic carbocycles. The van der Waals surface area contributed by atoms with E-state index in [4.69, 9.17) is 0 Å². The number of rotatable bonds is 0. The van der Waals surface area contributed by atoms with Gasteiger partial charge >= 0.3 is 6.03 Å². The molecule has 2 saturated heterocycles. The molecular formula is C10H17N2OS. The van der Waals surface area contributed by atoms with E-state index in [0.717, 1.165) is 50.5 Å². The fourth-order valence-electron chi connectivity index (χ4n) is 1.90. The summed E-state index contributed by atoms with van der Waals surface area (Å²) in [6.45, 7) is 3.71. The molecule has 0 spiro atoms. The number of hydrogen-bond donors (Lipinski definition) is 0. The lowest BCUT2D eigenvalue weighted by molar-refractivity contribution is 0.153. The second-order valence-electron chi connectivity index (χ2n) is 3.74. The first-order chi connectivity index (χ1) is 6.88. The first-order valence-corrected chi connectivity index (χ1v) is 6.46. The summed E-state index contributed by atoms with van der Waals surface area (Å²) in [6, 6.07) is 0.262. The van der Waals surface area contributed by atoms with Crippen molar-refractivity contribution >= 4 is 17.8 Å². The van der Waals surface area contributed by atoms with Gasteiger partial charge in [-0.05, 0) is 19.3 Å². The molecule has 0 unspecified atom stereocenters. The zero-order valence-corrected chi connectivity index (χ0v) is 9.26. The average molecular weight is 213 g/mol. The van der Waals surface area contributed by atoms with Gasteiger partial charge in [0.25, 0.3) is 0 Å². The minimum atomic E-state index is 0.262. The number of piperidine rings is 1. The van der Waals surface area contributed by atoms with Crippen molar-refractivity contribution in [3.05, 3.63) is 6.42 Å². The van der Waals surface area contributed by atoms with Crippen molar-refractivity contribution in [3.8, 4) is 0 Å². The van der Waals surface area contributed by atoms with E-state index < -0.39 is 0 Å². The lowest BCUT2D eigenvalue weighted by Gasteiger charge is -2.34. The van der Waals surface area contributed by atoms with Crippen LogP contribution < -0.4 is 0 Å². The minimum Gasteiger partial charge on any atom is -0.325 e. The molecule has 1 radical (unpaired) electrons. The van der Waals surface area contributed by atoms with Gasteiger partial charge < -0.3 is 9.80 Å². The van der Waals surface area contributed by atoms with Gasteiger partial charge in [0.2, 0.25) is 0 Å². The van der Waals surface area contributed by atoms with Gasteiger partial charge in [-0.1, -0.05) is 0 Å². The molecule has 2 amide bonds. The maximum absolute atomic E-state index is 12.0. The molecule has 0 aromatic heterocycles. The van der Waals surface area contributed by atoms with Crippen molar-refractivity contribution in [3.63, 3.8) is 0 Å². The van der Waals surface area contributed by atoms with Crippen LogP contribution in [0.25, 0.3) is 0 Å². The zero-order chi connectivity index (χ0) is 9.80. The molecule has 2 heterocycles. The van der Waals surface area contributed by atoms with Crippen LogP contribution in [0.1, 0.15) is 12.8 Å². The molecule has 0 aromatic carbocycles. The predicted molar refractivity (Wildman–Crippen MR) is 59.4 cm³/mol. The summed E-state index contributed by atoms with van der Waals surface area (Å²) in [5.41, 5.74) is 0. The monoisotopic (exact) mass is 213 g/mol. The largest absolute Gasteiger partial charge is 0.325 e. The summed E-state index contributed by atoms with van der Waals surface area (Å²) in [7, 11) is 0. The molecule has 79 valence electrons. The molecule has 0 N–H and O–H groups in total. The van der Waals surface area contributed by atoms with Gasteiger partial charge in [-0.25, -0.2) is 4.79 Å². The van der Waals surface area contributed by atoms with Crippen LogP contribution in [0.3, 0.4) is 0 Å². The molecule has 0 aromatic rings. The molecule has 0 atom stereocenters. The number of nitrogens with zero attached hydrogens (tertiary/aromatic N) is 2. The molecule has 4 heteroatoms. The van der Waals surface area contributed by atoms with E-state index in [9.17, 15) is 4.79 Å². The highest BCUT2D eigenvalue weighted by atomic mass is 32.2. The fourth-order valence-corrected chi connectivity index (χ4v) is 2.80. The van der Waals surface area contributed by atoms with Gasteiger partial charge in [0.1, 0.15) is 0 Å². The maximum Gasteiger partial charge on any atom is 0.320 e. The third-order valence-electron chi connectivity index (χ3n) is 2.76. The number of hydrogen-bond acceptors (Lipinski definition) is 2. The maximum atomic E-state index is 12.0. The lowest BCUT2D eigenvalue weighted by atomic mass is 10.1. The topological polar surface area (TPSA) is 23.6 Å². The highest BCUT2D eigenvalue weighted by Gasteiger charge is 2.23. The van der Waals surface area contributed by atoms with E-state index in [1.54, 1.807) is 0 Å². The quantitative estimate of drug-likeness (QED) is 0.608. The van der Waals surface area contributed by atoms with Crippen LogP contribution in [-0.4, -0.2) is 53.5 Å². The average Bonchev–Trinajstić information content (AvgIpc) is 2.30. The number of thioether (sulfide) groups is 1. The van der Waals surface area contributed by atoms with Crippen molar-refractivity contribution in [2.24, 2.45) is 0 Å². The van der Waals surface area contributed by atoms with Crippen LogP contribution in [0.15, 0.2) is 0 Å². The fraction of sp³-hybridized carbons (Fsp3) is 0.800. The summed E-state index contributed by atoms with van der Waals surface area (Å²) in [5, 5.41) is 0. The van der Waals surface area contributed by atoms with E-state index in [2.05, 4.69) is 6.42 Å². The predicted octanol–water partition coefficient (Wildman–Crippen LogP) is 1.46. The highest BCUT2D eigenvalue weighted by Crippen LogP contribution is 2.14. The van der Waals surface area contributed by atoms with Gasteiger partial charge in [0.15, 0.2) is 0 Å². The number of carbonyl (C=O) groups excluding carboxylic acids is 1. The molecule has 14 heavy (non-hydrogen) atoms. The summed E-state index contributed by atoms with van der Waals surface area (Å²) in [6.07, 6.45) is 4.40. The minimum absolute atomic E-state index is 0.262. The molecule has 0 saturated carbocycles. The van der Waals surface area contributed by atoms with Crippen molar-refractivity contribution in [2.45, 2.75) is 12.8 Å². The summed E-state index contributed by atoms with van der Waals surface area (Å²) >= 11 is 1.94. The number of amides is 2. The van der Waals surface area contributed by atoms with Crippen molar-refractivity contribution in [2.75, 3.05) is 37.7 Å². The Morgan fingerprint density at radius 2 is 1.57 bits per heavy atom. The second kappa shape index (κ2) is 4.91. The Bertz CT molecular complexity index is 178. The van der Waals surface area contributed by atoms with E-state index >= 15 is 0 Å². The Morgan fingerprint density at radius 3 is 2.21 bits per heavy atom. The standard InChI is InChI=1S/C10H17N2OS/c13-10(11-4-2-1-3-5-11)12-6-8-14-9-7-12/h1H,2-9H2. The van der Waals surface area contributed by atoms with E-state index in [1.165, 1.54) is 0 Å². The Labute approximate surface area is 89.8 Å². The summed E-state index contributed by atoms with van der Waals surface area (Å²) in [4.78, 5) is 16.0. The second-order valence-corrected chi connectivity index (χ2v) is 4.96. The third kappa shape index (κ3) is 2.35. The third-order valence-corrected chi connectivity index (χ3v) is 3.70. The summed E-state index contributed by atoms with van der Waals surface area (Å²) in [5.74, 6) is 2.21. The van der Waals surface area contributed by atoms with Gasteiger partial charge in [-0.2, -0.15) is 11.8 Å². The Balaban J connectivity index is 1.85. The van der Waals surface area contributed by atoms with Gasteiger partial charge in [-0.15, -0.1) is 0 Å². The van der Waals surface area contributed by atoms with Crippen LogP contribution in [0.5, 0.6) is 0 Å². The van der Waals surface area contributed by atoms with Crippen LogP contribution in [0.4, 0.5) is 4.79 Å². The SMILES string of the molecule is O=C(N1CC[CH]CC1)N1CCSCC1. The number of urea groups is 1. The smallest absolute Gasteiger partial charge is 0.320 e. The van der Waals surface area contributed by atoms with E-state index in [-0.39, 0.29) is 6.03 Å². The van der Waals surface area contributed by atoms with Gasteiger partial charge in [0, 0.05) is 37.7 Å².